The van der Waals surface area contributed by atoms with Crippen molar-refractivity contribution >= 4 is 22.7 Å². The van der Waals surface area contributed by atoms with Gasteiger partial charge in [0.15, 0.2) is 11.0 Å². The number of benzene rings is 1. The normalized spacial score (nSPS) is 28.5. The minimum absolute atomic E-state index is 0.0114. The van der Waals surface area contributed by atoms with Crippen molar-refractivity contribution in [3.05, 3.63) is 53.2 Å². The largest absolute Gasteiger partial charge is 0.476 e. The Hall–Kier alpha value is -2.56. The smallest absolute Gasteiger partial charge is 0.232 e. The van der Waals surface area contributed by atoms with E-state index in [-0.39, 0.29) is 39.8 Å². The molecule has 0 spiro atoms. The molecular formula is C25H29FN4O4S. The van der Waals surface area contributed by atoms with Gasteiger partial charge in [0.2, 0.25) is 5.88 Å². The number of fused-ring (bicyclic) bond motifs is 1. The molecule has 1 aliphatic carbocycles. The fourth-order valence-electron chi connectivity index (χ4n) is 4.99. The second kappa shape index (κ2) is 8.83. The van der Waals surface area contributed by atoms with E-state index in [2.05, 4.69) is 21.9 Å². The number of aromatic nitrogens is 2. The van der Waals surface area contributed by atoms with Gasteiger partial charge in [0.25, 0.3) is 0 Å². The molecule has 3 atom stereocenters. The summed E-state index contributed by atoms with van der Waals surface area (Å²) in [6.45, 7) is 6.29. The molecule has 35 heavy (non-hydrogen) atoms. The molecule has 3 heterocycles. The molecule has 0 bridgehead atoms. The van der Waals surface area contributed by atoms with Crippen molar-refractivity contribution in [2.45, 2.75) is 37.0 Å². The summed E-state index contributed by atoms with van der Waals surface area (Å²) >= 11 is 1.51. The van der Waals surface area contributed by atoms with Crippen molar-refractivity contribution in [3.63, 3.8) is 0 Å². The van der Waals surface area contributed by atoms with Crippen LogP contribution in [0.1, 0.15) is 41.9 Å². The van der Waals surface area contributed by atoms with Crippen LogP contribution in [0.3, 0.4) is 0 Å². The molecule has 2 fully saturated rings. The van der Waals surface area contributed by atoms with E-state index in [0.717, 1.165) is 6.42 Å². The third-order valence-electron chi connectivity index (χ3n) is 7.07. The van der Waals surface area contributed by atoms with E-state index < -0.39 is 5.54 Å². The molecule has 3 aliphatic rings. The number of carbonyl (C=O) groups is 1. The van der Waals surface area contributed by atoms with Crippen molar-refractivity contribution in [1.29, 1.82) is 0 Å². The van der Waals surface area contributed by atoms with Gasteiger partial charge in [0, 0.05) is 30.4 Å². The highest BCUT2D eigenvalue weighted by Gasteiger charge is 2.66. The molecule has 0 radical (unpaired) electrons. The lowest BCUT2D eigenvalue weighted by Gasteiger charge is -2.37. The standard InChI is InChI=1S/C25H29FN4O4S/c1-23(11-33-12-23)13-34-21-10-28-18(9-29-21)19(31)7-15-4-5-17(26)16(6-15)24(2)20-8-25(20,14-32-3)35-22(27)30-24/h4-6,9-10,20H,7-8,11-14H2,1-3H3,(H2,27,30)/t20-,24+,25+/m0/s1. The van der Waals surface area contributed by atoms with Gasteiger partial charge in [-0.1, -0.05) is 24.8 Å². The summed E-state index contributed by atoms with van der Waals surface area (Å²) in [6.07, 6.45) is 3.77. The van der Waals surface area contributed by atoms with Gasteiger partial charge >= 0.3 is 0 Å². The first-order valence-electron chi connectivity index (χ1n) is 11.5. The second-order valence-corrected chi connectivity index (χ2v) is 11.6. The number of ketones is 1. The van der Waals surface area contributed by atoms with E-state index in [4.69, 9.17) is 19.9 Å². The maximum absolute atomic E-state index is 15.0. The number of hydrogen-bond acceptors (Lipinski definition) is 9. The molecule has 10 heteroatoms. The van der Waals surface area contributed by atoms with Gasteiger partial charge in [-0.05, 0) is 31.0 Å². The van der Waals surface area contributed by atoms with Gasteiger partial charge in [-0.15, -0.1) is 0 Å². The first kappa shape index (κ1) is 24.1. The lowest BCUT2D eigenvalue weighted by molar-refractivity contribution is -0.120. The number of methoxy groups -OCH3 is 1. The van der Waals surface area contributed by atoms with Gasteiger partial charge in [0.05, 0.1) is 49.1 Å². The Morgan fingerprint density at radius 1 is 1.26 bits per heavy atom. The van der Waals surface area contributed by atoms with Crippen LogP contribution in [0.4, 0.5) is 4.39 Å². The van der Waals surface area contributed by atoms with E-state index in [1.807, 2.05) is 6.92 Å². The van der Waals surface area contributed by atoms with Crippen molar-refractivity contribution in [2.24, 2.45) is 22.1 Å². The topological polar surface area (TPSA) is 109 Å². The number of hydrogen-bond donors (Lipinski definition) is 1. The molecule has 2 aromatic rings. The van der Waals surface area contributed by atoms with E-state index in [1.54, 1.807) is 19.2 Å². The molecule has 0 amide bonds. The number of rotatable bonds is 9. The number of thioether (sulfide) groups is 1. The van der Waals surface area contributed by atoms with Crippen LogP contribution in [0.15, 0.2) is 35.6 Å². The molecule has 2 aliphatic heterocycles. The Kier molecular flexibility index (Phi) is 6.09. The highest BCUT2D eigenvalue weighted by molar-refractivity contribution is 8.15. The molecular weight excluding hydrogens is 471 g/mol. The van der Waals surface area contributed by atoms with E-state index >= 15 is 4.39 Å². The average molecular weight is 501 g/mol. The number of ether oxygens (including phenoxy) is 3. The van der Waals surface area contributed by atoms with Crippen LogP contribution < -0.4 is 10.5 Å². The van der Waals surface area contributed by atoms with Gasteiger partial charge in [0.1, 0.15) is 11.5 Å². The van der Waals surface area contributed by atoms with Crippen LogP contribution in [0.5, 0.6) is 5.88 Å². The summed E-state index contributed by atoms with van der Waals surface area (Å²) in [4.78, 5) is 26.0. The van der Waals surface area contributed by atoms with E-state index in [9.17, 15) is 4.79 Å². The van der Waals surface area contributed by atoms with Crippen LogP contribution in [0.2, 0.25) is 0 Å². The molecule has 0 unspecified atom stereocenters. The quantitative estimate of drug-likeness (QED) is 0.523. The van der Waals surface area contributed by atoms with Gasteiger partial charge < -0.3 is 19.9 Å². The summed E-state index contributed by atoms with van der Waals surface area (Å²) in [5.74, 6) is -0.119. The van der Waals surface area contributed by atoms with E-state index in [0.29, 0.717) is 48.6 Å². The zero-order chi connectivity index (χ0) is 24.8. The van der Waals surface area contributed by atoms with Crippen molar-refractivity contribution in [1.82, 2.24) is 9.97 Å². The van der Waals surface area contributed by atoms with Crippen LogP contribution >= 0.6 is 11.8 Å². The number of Topliss-reactive ketones (excluding diaryl/α,β-unsaturated/α-hetero) is 1. The van der Waals surface area contributed by atoms with Crippen molar-refractivity contribution in [3.8, 4) is 5.88 Å². The lowest BCUT2D eigenvalue weighted by atomic mass is 9.84. The maximum Gasteiger partial charge on any atom is 0.232 e. The Balaban J connectivity index is 1.30. The van der Waals surface area contributed by atoms with Gasteiger partial charge in [-0.3, -0.25) is 9.79 Å². The molecule has 186 valence electrons. The predicted octanol–water partition coefficient (Wildman–Crippen LogP) is 3.14. The van der Waals surface area contributed by atoms with Crippen molar-refractivity contribution < 1.29 is 23.4 Å². The van der Waals surface area contributed by atoms with Crippen LogP contribution in [0.25, 0.3) is 0 Å². The molecule has 8 nitrogen and oxygen atoms in total. The molecule has 1 saturated carbocycles. The Bertz CT molecular complexity index is 1170. The predicted molar refractivity (Wildman–Crippen MR) is 130 cm³/mol. The summed E-state index contributed by atoms with van der Waals surface area (Å²) in [5.41, 5.74) is 6.66. The zero-order valence-corrected chi connectivity index (χ0v) is 20.9. The highest BCUT2D eigenvalue weighted by atomic mass is 32.2. The van der Waals surface area contributed by atoms with Gasteiger partial charge in [-0.25, -0.2) is 14.4 Å². The molecule has 5 rings (SSSR count). The third kappa shape index (κ3) is 4.54. The second-order valence-electron chi connectivity index (χ2n) is 10.2. The monoisotopic (exact) mass is 500 g/mol. The number of carbonyl (C=O) groups excluding carboxylic acids is 1. The fourth-order valence-corrected chi connectivity index (χ4v) is 6.44. The van der Waals surface area contributed by atoms with E-state index in [1.165, 1.54) is 30.2 Å². The first-order valence-corrected chi connectivity index (χ1v) is 12.4. The molecule has 1 saturated heterocycles. The zero-order valence-electron chi connectivity index (χ0n) is 20.0. The van der Waals surface area contributed by atoms with Gasteiger partial charge in [-0.2, -0.15) is 0 Å². The number of amidine groups is 1. The Labute approximate surface area is 207 Å². The van der Waals surface area contributed by atoms with Crippen LogP contribution in [0, 0.1) is 17.2 Å². The summed E-state index contributed by atoms with van der Waals surface area (Å²) in [5, 5.41) is 0.426. The van der Waals surface area contributed by atoms with Crippen molar-refractivity contribution in [2.75, 3.05) is 33.5 Å². The highest BCUT2D eigenvalue weighted by Crippen LogP contribution is 2.65. The minimum Gasteiger partial charge on any atom is -0.476 e. The summed E-state index contributed by atoms with van der Waals surface area (Å²) < 4.78 is 31.2. The Morgan fingerprint density at radius 3 is 2.71 bits per heavy atom. The van der Waals surface area contributed by atoms with Crippen LogP contribution in [-0.4, -0.2) is 59.2 Å². The summed E-state index contributed by atoms with van der Waals surface area (Å²) in [6, 6.07) is 4.74. The minimum atomic E-state index is -0.822. The average Bonchev–Trinajstić information content (AvgIpc) is 3.53. The maximum atomic E-state index is 15.0. The molecule has 2 N–H and O–H groups in total. The number of nitrogens with zero attached hydrogens (tertiary/aromatic N) is 3. The molecule has 1 aromatic heterocycles. The van der Waals surface area contributed by atoms with Crippen LogP contribution in [-0.2, 0) is 21.4 Å². The molecule has 1 aromatic carbocycles. The number of halogens is 1. The SMILES string of the molecule is COC[C@]12C[C@H]1[C@@](C)(c1cc(CC(=O)c3cnc(OCC4(C)COC4)cn3)ccc1F)N=C(N)S2. The third-order valence-corrected chi connectivity index (χ3v) is 8.34. The lowest BCUT2D eigenvalue weighted by Crippen LogP contribution is -2.44. The number of aliphatic imine (C=N–C) groups is 1. The Morgan fingerprint density at radius 2 is 2.06 bits per heavy atom. The summed E-state index contributed by atoms with van der Waals surface area (Å²) in [7, 11) is 1.65. The number of nitrogens with two attached hydrogens (primary N) is 1. The fraction of sp³-hybridized carbons (Fsp3) is 0.520. The first-order chi connectivity index (χ1) is 16.7.